The molecule has 0 aliphatic heterocycles. The summed E-state index contributed by atoms with van der Waals surface area (Å²) in [6.07, 6.45) is 1.88. The largest absolute Gasteiger partial charge is 0.302 e. The average Bonchev–Trinajstić information content (AvgIpc) is 3.30. The van der Waals surface area contributed by atoms with Gasteiger partial charge in [0.1, 0.15) is 0 Å². The summed E-state index contributed by atoms with van der Waals surface area (Å²) in [5.74, 6) is 2.83. The Morgan fingerprint density at radius 2 is 0.972 bits per heavy atom. The molecule has 2 aromatic heterocycles. The summed E-state index contributed by atoms with van der Waals surface area (Å²) >= 11 is 8.11. The van der Waals surface area contributed by atoms with Crippen molar-refractivity contribution in [3.05, 3.63) is 38.8 Å². The van der Waals surface area contributed by atoms with Gasteiger partial charge in [0.05, 0.1) is 15.5 Å². The number of ketones is 1. The minimum atomic E-state index is 0.236. The first kappa shape index (κ1) is 32.7. The Morgan fingerprint density at radius 1 is 0.667 bits per heavy atom. The molecule has 0 saturated heterocycles. The number of hydrogen-bond donors (Lipinski definition) is 0. The first-order chi connectivity index (χ1) is 16.8. The third-order valence-electron chi connectivity index (χ3n) is 5.86. The first-order valence-electron chi connectivity index (χ1n) is 13.4. The van der Waals surface area contributed by atoms with Crippen LogP contribution in [0.3, 0.4) is 0 Å². The molecule has 204 valence electrons. The monoisotopic (exact) mass is 756 g/mol. The van der Waals surface area contributed by atoms with E-state index in [-0.39, 0.29) is 5.78 Å². The zero-order valence-corrected chi connectivity index (χ0v) is 29.4. The quantitative estimate of drug-likeness (QED) is 0.127. The van der Waals surface area contributed by atoms with Crippen molar-refractivity contribution < 1.29 is 4.79 Å². The second-order valence-electron chi connectivity index (χ2n) is 11.7. The van der Waals surface area contributed by atoms with Crippen LogP contribution in [0.1, 0.15) is 81.1 Å². The average molecular weight is 757 g/mol. The van der Waals surface area contributed by atoms with Crippen LogP contribution in [0.5, 0.6) is 0 Å². The van der Waals surface area contributed by atoms with Gasteiger partial charge in [0.2, 0.25) is 5.78 Å². The summed E-state index contributed by atoms with van der Waals surface area (Å²) in [5, 5.41) is 0. The zero-order valence-electron chi connectivity index (χ0n) is 23.5. The molecule has 0 fully saturated rings. The van der Waals surface area contributed by atoms with Crippen LogP contribution in [0.15, 0.2) is 12.1 Å². The van der Waals surface area contributed by atoms with Crippen molar-refractivity contribution in [3.63, 3.8) is 0 Å². The minimum absolute atomic E-state index is 0.236. The lowest BCUT2D eigenvalue weighted by atomic mass is 10.0. The van der Waals surface area contributed by atoms with Gasteiger partial charge < -0.3 is 9.80 Å². The highest BCUT2D eigenvalue weighted by Crippen LogP contribution is 2.32. The normalized spacial score (nSPS) is 12.4. The van der Waals surface area contributed by atoms with E-state index in [1.807, 2.05) is 0 Å². The van der Waals surface area contributed by atoms with Crippen molar-refractivity contribution in [3.8, 4) is 0 Å². The molecular weight excluding hydrogens is 710 g/mol. The van der Waals surface area contributed by atoms with Crippen molar-refractivity contribution in [2.24, 2.45) is 23.7 Å². The molecule has 0 unspecified atom stereocenters. The van der Waals surface area contributed by atoms with E-state index in [0.717, 1.165) is 61.9 Å². The third kappa shape index (κ3) is 11.3. The predicted octanol–water partition coefficient (Wildman–Crippen LogP) is 8.56. The van der Waals surface area contributed by atoms with E-state index < -0.39 is 0 Å². The number of hydrogen-bond acceptors (Lipinski definition) is 5. The van der Waals surface area contributed by atoms with Crippen LogP contribution in [0.2, 0.25) is 0 Å². The van der Waals surface area contributed by atoms with Crippen LogP contribution >= 0.6 is 67.9 Å². The van der Waals surface area contributed by atoms with Crippen LogP contribution in [0.25, 0.3) is 0 Å². The Morgan fingerprint density at radius 3 is 1.25 bits per heavy atom. The number of rotatable bonds is 16. The predicted molar refractivity (Wildman–Crippen MR) is 177 cm³/mol. The van der Waals surface area contributed by atoms with E-state index in [4.69, 9.17) is 0 Å². The van der Waals surface area contributed by atoms with Crippen LogP contribution < -0.4 is 0 Å². The highest BCUT2D eigenvalue weighted by Gasteiger charge is 2.23. The second-order valence-corrected chi connectivity index (χ2v) is 17.6. The SMILES string of the molecule is CC(C)CN(CCc1cc(I)sc1C(=O)c1sc(I)cc1CCN(CC(C)C)CC(C)C)CC(C)C. The van der Waals surface area contributed by atoms with Crippen LogP contribution in [-0.2, 0) is 12.8 Å². The summed E-state index contributed by atoms with van der Waals surface area (Å²) in [5.41, 5.74) is 2.45. The fourth-order valence-corrected chi connectivity index (χ4v) is 8.69. The molecule has 0 spiro atoms. The molecule has 0 atom stereocenters. The van der Waals surface area contributed by atoms with Crippen molar-refractivity contribution >= 4 is 73.6 Å². The second kappa shape index (κ2) is 15.9. The summed E-state index contributed by atoms with van der Waals surface area (Å²) in [4.78, 5) is 21.0. The fraction of sp³-hybridized carbons (Fsp3) is 0.690. The van der Waals surface area contributed by atoms with Crippen LogP contribution in [0, 0.1) is 29.4 Å². The molecule has 0 saturated carbocycles. The maximum Gasteiger partial charge on any atom is 0.213 e. The molecular formula is C29H46I2N2OS2. The molecule has 2 aromatic rings. The maximum absolute atomic E-state index is 13.9. The van der Waals surface area contributed by atoms with E-state index in [9.17, 15) is 4.79 Å². The molecule has 0 N–H and O–H groups in total. The maximum atomic E-state index is 13.9. The van der Waals surface area contributed by atoms with E-state index in [2.05, 4.69) is 123 Å². The number of thiophene rings is 2. The van der Waals surface area contributed by atoms with Gasteiger partial charge in [-0.25, -0.2) is 0 Å². The summed E-state index contributed by atoms with van der Waals surface area (Å²) in [6, 6.07) is 4.49. The molecule has 0 bridgehead atoms. The van der Waals surface area contributed by atoms with Crippen molar-refractivity contribution in [2.75, 3.05) is 39.3 Å². The highest BCUT2D eigenvalue weighted by molar-refractivity contribution is 14.1. The van der Waals surface area contributed by atoms with Gasteiger partial charge in [0, 0.05) is 39.3 Å². The van der Waals surface area contributed by atoms with E-state index in [1.54, 1.807) is 22.7 Å². The molecule has 0 aromatic carbocycles. The number of halogens is 2. The molecule has 0 aliphatic rings. The van der Waals surface area contributed by atoms with E-state index in [0.29, 0.717) is 23.7 Å². The van der Waals surface area contributed by atoms with Gasteiger partial charge in [0.15, 0.2) is 0 Å². The van der Waals surface area contributed by atoms with Crippen molar-refractivity contribution in [1.29, 1.82) is 0 Å². The lowest BCUT2D eigenvalue weighted by molar-refractivity contribution is 0.104. The van der Waals surface area contributed by atoms with Gasteiger partial charge in [-0.2, -0.15) is 0 Å². The van der Waals surface area contributed by atoms with Gasteiger partial charge in [0.25, 0.3) is 0 Å². The van der Waals surface area contributed by atoms with Crippen LogP contribution in [-0.4, -0.2) is 54.9 Å². The molecule has 2 heterocycles. The fourth-order valence-electron chi connectivity index (χ4n) is 4.79. The molecule has 36 heavy (non-hydrogen) atoms. The molecule has 2 rings (SSSR count). The third-order valence-corrected chi connectivity index (χ3v) is 9.73. The first-order valence-corrected chi connectivity index (χ1v) is 17.2. The molecule has 0 amide bonds. The number of nitrogens with zero attached hydrogens (tertiary/aromatic N) is 2. The highest BCUT2D eigenvalue weighted by atomic mass is 127. The Labute approximate surface area is 256 Å². The molecule has 0 radical (unpaired) electrons. The van der Waals surface area contributed by atoms with Crippen molar-refractivity contribution in [1.82, 2.24) is 9.80 Å². The van der Waals surface area contributed by atoms with Gasteiger partial charge in [-0.05, 0) is 105 Å². The number of carbonyl (C=O) groups is 1. The summed E-state index contributed by atoms with van der Waals surface area (Å²) < 4.78 is 2.41. The lowest BCUT2D eigenvalue weighted by Crippen LogP contribution is -2.33. The van der Waals surface area contributed by atoms with Gasteiger partial charge in [-0.1, -0.05) is 55.4 Å². The lowest BCUT2D eigenvalue weighted by Gasteiger charge is -2.26. The Balaban J connectivity index is 2.20. The smallest absolute Gasteiger partial charge is 0.213 e. The Kier molecular flexibility index (Phi) is 14.4. The zero-order chi connectivity index (χ0) is 27.0. The molecule has 7 heteroatoms. The number of carbonyl (C=O) groups excluding carboxylic acids is 1. The van der Waals surface area contributed by atoms with E-state index >= 15 is 0 Å². The molecule has 0 aliphatic carbocycles. The van der Waals surface area contributed by atoms with Gasteiger partial charge in [-0.3, -0.25) is 4.79 Å². The minimum Gasteiger partial charge on any atom is -0.302 e. The Hall–Kier alpha value is 0.450. The van der Waals surface area contributed by atoms with E-state index in [1.165, 1.54) is 16.9 Å². The van der Waals surface area contributed by atoms with Gasteiger partial charge in [-0.15, -0.1) is 22.7 Å². The van der Waals surface area contributed by atoms with Crippen molar-refractivity contribution in [2.45, 2.75) is 68.2 Å². The van der Waals surface area contributed by atoms with Crippen LogP contribution in [0.4, 0.5) is 0 Å². The summed E-state index contributed by atoms with van der Waals surface area (Å²) in [7, 11) is 0. The standard InChI is InChI=1S/C29H46I2N2OS2/c1-19(2)15-32(16-20(3)4)11-9-23-13-25(30)35-28(23)27(34)29-24(14-26(31)36-29)10-12-33(17-21(5)6)18-22(7)8/h13-14,19-22H,9-12,15-18H2,1-8H3. The Bertz CT molecular complexity index is 855. The molecule has 3 nitrogen and oxygen atoms in total. The van der Waals surface area contributed by atoms with Gasteiger partial charge >= 0.3 is 0 Å². The summed E-state index contributed by atoms with van der Waals surface area (Å²) in [6.45, 7) is 24.8. The topological polar surface area (TPSA) is 23.6 Å².